The van der Waals surface area contributed by atoms with Gasteiger partial charge in [0.15, 0.2) is 5.78 Å². The summed E-state index contributed by atoms with van der Waals surface area (Å²) in [6, 6.07) is 0. The number of fused-ring (bicyclic) bond motifs is 2. The van der Waals surface area contributed by atoms with Crippen molar-refractivity contribution in [1.82, 2.24) is 0 Å². The fourth-order valence-corrected chi connectivity index (χ4v) is 7.63. The average molecular weight is 410 g/mol. The van der Waals surface area contributed by atoms with E-state index in [9.17, 15) is 35.1 Å². The van der Waals surface area contributed by atoms with Crippen LogP contribution in [0.1, 0.15) is 27.2 Å². The number of ketones is 1. The zero-order valence-electron chi connectivity index (χ0n) is 16.4. The van der Waals surface area contributed by atoms with Gasteiger partial charge in [0.05, 0.1) is 30.7 Å². The van der Waals surface area contributed by atoms with Gasteiger partial charge in [-0.05, 0) is 19.9 Å². The number of rotatable bonds is 0. The van der Waals surface area contributed by atoms with Crippen molar-refractivity contribution in [3.05, 3.63) is 11.6 Å². The van der Waals surface area contributed by atoms with Crippen LogP contribution < -0.4 is 0 Å². The van der Waals surface area contributed by atoms with E-state index in [4.69, 9.17) is 9.47 Å². The Labute approximate surface area is 166 Å². The van der Waals surface area contributed by atoms with E-state index < -0.39 is 82.6 Å². The van der Waals surface area contributed by atoms with Crippen LogP contribution in [0, 0.1) is 22.7 Å². The van der Waals surface area contributed by atoms with Crippen molar-refractivity contribution >= 4 is 11.8 Å². The minimum atomic E-state index is -1.96. The van der Waals surface area contributed by atoms with Gasteiger partial charge in [-0.3, -0.25) is 9.59 Å². The van der Waals surface area contributed by atoms with Gasteiger partial charge in [-0.15, -0.1) is 0 Å². The fourth-order valence-electron chi connectivity index (χ4n) is 7.63. The van der Waals surface area contributed by atoms with E-state index in [1.807, 2.05) is 0 Å². The van der Waals surface area contributed by atoms with Crippen molar-refractivity contribution < 1.29 is 44.6 Å². The van der Waals surface area contributed by atoms with Gasteiger partial charge in [0, 0.05) is 17.3 Å². The molecule has 0 aromatic heterocycles. The molecule has 1 spiro atoms. The van der Waals surface area contributed by atoms with E-state index in [-0.39, 0.29) is 6.61 Å². The highest BCUT2D eigenvalue weighted by atomic mass is 16.6. The Bertz CT molecular complexity index is 855. The molecule has 3 aliphatic carbocycles. The standard InChI is InChI=1S/C20H26O9/c1-7-4-8(21)14(25)17(2)10(7)11(23)16-19-6-28-18(3,15(26)12(24)13(17)19)20(19,27)5-9(22)29-16/h4,10-16,23-27H,5-6H2,1-3H3/t10-,11-,12-,13-,14-,15+,16-,17+,18-,19+,20-/m1/s1. The molecular weight excluding hydrogens is 384 g/mol. The molecule has 2 heterocycles. The minimum absolute atomic E-state index is 0.209. The molecule has 5 N–H and O–H groups in total. The number of carbonyl (C=O) groups is 2. The summed E-state index contributed by atoms with van der Waals surface area (Å²) in [5.41, 5.74) is -6.10. The molecule has 0 radical (unpaired) electrons. The summed E-state index contributed by atoms with van der Waals surface area (Å²) >= 11 is 0. The van der Waals surface area contributed by atoms with Gasteiger partial charge in [-0.2, -0.15) is 0 Å². The molecule has 5 rings (SSSR count). The Morgan fingerprint density at radius 1 is 1.10 bits per heavy atom. The lowest BCUT2D eigenvalue weighted by Crippen LogP contribution is -2.85. The summed E-state index contributed by atoms with van der Waals surface area (Å²) in [7, 11) is 0. The molecule has 0 unspecified atom stereocenters. The molecule has 0 amide bonds. The van der Waals surface area contributed by atoms with E-state index in [1.54, 1.807) is 13.8 Å². The predicted octanol–water partition coefficient (Wildman–Crippen LogP) is -1.95. The summed E-state index contributed by atoms with van der Waals surface area (Å²) < 4.78 is 11.4. The van der Waals surface area contributed by atoms with E-state index >= 15 is 0 Å². The number of aliphatic hydroxyl groups is 5. The van der Waals surface area contributed by atoms with Crippen LogP contribution in [-0.4, -0.2) is 85.6 Å². The number of esters is 1. The number of ether oxygens (including phenoxy) is 2. The van der Waals surface area contributed by atoms with Crippen LogP contribution in [0.2, 0.25) is 0 Å². The third kappa shape index (κ3) is 1.73. The molecule has 11 atom stereocenters. The van der Waals surface area contributed by atoms with Gasteiger partial charge in [0.2, 0.25) is 0 Å². The lowest BCUT2D eigenvalue weighted by atomic mass is 9.36. The summed E-state index contributed by atoms with van der Waals surface area (Å²) in [6.07, 6.45) is -6.48. The van der Waals surface area contributed by atoms with Crippen LogP contribution in [0.15, 0.2) is 11.6 Å². The smallest absolute Gasteiger partial charge is 0.309 e. The van der Waals surface area contributed by atoms with Crippen LogP contribution >= 0.6 is 0 Å². The van der Waals surface area contributed by atoms with E-state index in [2.05, 4.69) is 0 Å². The highest BCUT2D eigenvalue weighted by Gasteiger charge is 2.87. The molecular formula is C20H26O9. The van der Waals surface area contributed by atoms with Gasteiger partial charge < -0.3 is 35.0 Å². The minimum Gasteiger partial charge on any atom is -0.459 e. The molecule has 2 saturated carbocycles. The molecule has 160 valence electrons. The second-order valence-corrected chi connectivity index (χ2v) is 9.82. The third-order valence-electron chi connectivity index (χ3n) is 8.86. The van der Waals surface area contributed by atoms with E-state index in [0.29, 0.717) is 5.57 Å². The van der Waals surface area contributed by atoms with Crippen molar-refractivity contribution in [3.8, 4) is 0 Å². The zero-order chi connectivity index (χ0) is 21.3. The first kappa shape index (κ1) is 19.6. The number of hydrogen-bond acceptors (Lipinski definition) is 9. The maximum Gasteiger partial charge on any atom is 0.309 e. The van der Waals surface area contributed by atoms with Crippen molar-refractivity contribution in [2.24, 2.45) is 22.7 Å². The molecule has 29 heavy (non-hydrogen) atoms. The zero-order valence-corrected chi connectivity index (χ0v) is 16.4. The van der Waals surface area contributed by atoms with Gasteiger partial charge in [-0.1, -0.05) is 12.5 Å². The summed E-state index contributed by atoms with van der Waals surface area (Å²) in [6.45, 7) is 4.42. The first-order chi connectivity index (χ1) is 13.4. The van der Waals surface area contributed by atoms with E-state index in [0.717, 1.165) is 0 Å². The number of carbonyl (C=O) groups excluding carboxylic acids is 2. The van der Waals surface area contributed by atoms with Crippen molar-refractivity contribution in [2.75, 3.05) is 6.61 Å². The van der Waals surface area contributed by atoms with Gasteiger partial charge >= 0.3 is 5.97 Å². The number of aliphatic hydroxyl groups excluding tert-OH is 4. The topological polar surface area (TPSA) is 154 Å². The second kappa shape index (κ2) is 5.27. The Hall–Kier alpha value is -1.36. The summed E-state index contributed by atoms with van der Waals surface area (Å²) in [5.74, 6) is -3.24. The summed E-state index contributed by atoms with van der Waals surface area (Å²) in [4.78, 5) is 25.0. The number of hydrogen-bond donors (Lipinski definition) is 5. The molecule has 9 heteroatoms. The second-order valence-electron chi connectivity index (χ2n) is 9.82. The van der Waals surface area contributed by atoms with Crippen LogP contribution in [0.3, 0.4) is 0 Å². The SMILES string of the molecule is CC1=CC(=O)[C@@H](O)[C@@]2(C)[C@H]1[C@@H](O)[C@H]1OC(=O)C[C@]3(O)[C@]14CO[C@]3(C)[C@@H](O)[C@H](O)[C@H]24. The first-order valence-corrected chi connectivity index (χ1v) is 9.88. The van der Waals surface area contributed by atoms with E-state index in [1.165, 1.54) is 13.0 Å². The first-order valence-electron chi connectivity index (χ1n) is 9.88. The van der Waals surface area contributed by atoms with Crippen molar-refractivity contribution in [2.45, 2.75) is 68.9 Å². The van der Waals surface area contributed by atoms with Crippen LogP contribution in [-0.2, 0) is 19.1 Å². The molecule has 0 aromatic rings. The monoisotopic (exact) mass is 410 g/mol. The van der Waals surface area contributed by atoms with Gasteiger partial charge in [-0.25, -0.2) is 0 Å². The van der Waals surface area contributed by atoms with Crippen molar-refractivity contribution in [3.63, 3.8) is 0 Å². The maximum absolute atomic E-state index is 12.5. The highest BCUT2D eigenvalue weighted by molar-refractivity contribution is 5.96. The lowest BCUT2D eigenvalue weighted by Gasteiger charge is -2.70. The quantitative estimate of drug-likeness (QED) is 0.287. The molecule has 0 aromatic carbocycles. The molecule has 2 bridgehead atoms. The van der Waals surface area contributed by atoms with Gasteiger partial charge in [0.1, 0.15) is 29.5 Å². The summed E-state index contributed by atoms with van der Waals surface area (Å²) in [5, 5.41) is 56.4. The van der Waals surface area contributed by atoms with Crippen LogP contribution in [0.5, 0.6) is 0 Å². The predicted molar refractivity (Wildman–Crippen MR) is 94.1 cm³/mol. The van der Waals surface area contributed by atoms with Crippen molar-refractivity contribution in [1.29, 1.82) is 0 Å². The molecule has 9 nitrogen and oxygen atoms in total. The Morgan fingerprint density at radius 3 is 2.41 bits per heavy atom. The highest BCUT2D eigenvalue weighted by Crippen LogP contribution is 2.73. The third-order valence-corrected chi connectivity index (χ3v) is 8.86. The average Bonchev–Trinajstić information content (AvgIpc) is 2.81. The Balaban J connectivity index is 1.84. The Morgan fingerprint density at radius 2 is 1.76 bits per heavy atom. The molecule has 4 fully saturated rings. The molecule has 5 aliphatic rings. The fraction of sp³-hybridized carbons (Fsp3) is 0.800. The van der Waals surface area contributed by atoms with Crippen LogP contribution in [0.4, 0.5) is 0 Å². The normalized spacial score (nSPS) is 60.8. The largest absolute Gasteiger partial charge is 0.459 e. The van der Waals surface area contributed by atoms with Crippen LogP contribution in [0.25, 0.3) is 0 Å². The lowest BCUT2D eigenvalue weighted by molar-refractivity contribution is -0.346. The Kier molecular flexibility index (Phi) is 3.56. The van der Waals surface area contributed by atoms with Gasteiger partial charge in [0.25, 0.3) is 0 Å². The maximum atomic E-state index is 12.5. The molecule has 2 aliphatic heterocycles. The molecule has 2 saturated heterocycles.